The van der Waals surface area contributed by atoms with Crippen molar-refractivity contribution in [1.29, 1.82) is 0 Å². The lowest BCUT2D eigenvalue weighted by molar-refractivity contribution is 0.259. The van der Waals surface area contributed by atoms with Crippen LogP contribution in [0.4, 0.5) is 33.2 Å². The lowest BCUT2D eigenvalue weighted by atomic mass is 10.1. The molecule has 32 heteroatoms. The molecular weight excluding hydrogens is 931 g/mol. The molecule has 0 spiro atoms. The predicted molar refractivity (Wildman–Crippen MR) is 206 cm³/mol. The molecule has 0 radical (unpaired) electrons. The summed E-state index contributed by atoms with van der Waals surface area (Å²) in [6, 6.07) is 8.60. The molecule has 0 bridgehead atoms. The summed E-state index contributed by atoms with van der Waals surface area (Å²) in [5.41, 5.74) is 9.38. The molecule has 4 rings (SSSR count). The molecule has 4 aromatic carbocycles. The van der Waals surface area contributed by atoms with Gasteiger partial charge in [-0.1, -0.05) is 18.2 Å². The molecule has 0 unspecified atom stereocenters. The maximum Gasteiger partial charge on any atom is 0.397 e. The van der Waals surface area contributed by atoms with Crippen molar-refractivity contribution in [2.45, 2.75) is 26.1 Å². The quantitative estimate of drug-likeness (QED) is 0.0427. The number of nitrogens with one attached hydrogen (secondary N) is 1. The lowest BCUT2D eigenvalue weighted by Crippen LogP contribution is -2.20. The number of azo groups is 2. The van der Waals surface area contributed by atoms with Crippen LogP contribution in [-0.2, 0) is 75.6 Å². The molecule has 0 saturated heterocycles. The molecule has 0 aliphatic carbocycles. The number of sulfone groups is 2. The molecule has 60 heavy (non-hydrogen) atoms. The fourth-order valence-electron chi connectivity index (χ4n) is 4.96. The van der Waals surface area contributed by atoms with Crippen LogP contribution in [0.25, 0.3) is 10.8 Å². The van der Waals surface area contributed by atoms with E-state index in [1.54, 1.807) is 0 Å². The maximum absolute atomic E-state index is 12.7. The monoisotopic (exact) mass is 959 g/mol. The van der Waals surface area contributed by atoms with Crippen LogP contribution < -0.4 is 16.8 Å². The Morgan fingerprint density at radius 1 is 0.650 bits per heavy atom. The zero-order valence-corrected chi connectivity index (χ0v) is 34.5. The summed E-state index contributed by atoms with van der Waals surface area (Å²) < 4.78 is 189. The van der Waals surface area contributed by atoms with Gasteiger partial charge in [0.05, 0.1) is 52.4 Å². The molecule has 0 aliphatic rings. The van der Waals surface area contributed by atoms with E-state index in [-0.39, 0.29) is 33.4 Å². The molecule has 0 aliphatic heterocycles. The highest BCUT2D eigenvalue weighted by atomic mass is 32.3. The lowest BCUT2D eigenvalue weighted by Gasteiger charge is -2.13. The van der Waals surface area contributed by atoms with Crippen LogP contribution in [0.5, 0.6) is 0 Å². The van der Waals surface area contributed by atoms with Crippen LogP contribution in [0, 0.1) is 0 Å². The average molecular weight is 960 g/mol. The average Bonchev–Trinajstić information content (AvgIpc) is 3.09. The number of carbonyl (C=O) groups excluding carboxylic acids is 1. The van der Waals surface area contributed by atoms with Crippen LogP contribution in [0.15, 0.2) is 101 Å². The van der Waals surface area contributed by atoms with E-state index in [9.17, 15) is 64.4 Å². The van der Waals surface area contributed by atoms with E-state index in [2.05, 4.69) is 34.1 Å². The largest absolute Gasteiger partial charge is 0.397 e. The molecule has 26 nitrogen and oxygen atoms in total. The molecular formula is C28H29N7O19S6. The van der Waals surface area contributed by atoms with Gasteiger partial charge in [-0.2, -0.15) is 43.9 Å². The van der Waals surface area contributed by atoms with Crippen molar-refractivity contribution < 1.29 is 81.9 Å². The summed E-state index contributed by atoms with van der Waals surface area (Å²) in [5, 5.41) is 17.2. The number of nitrogen functional groups attached to an aromatic ring is 1. The standard InChI is InChI=1S/C28H29N7O19S6/c29-21-6-1-17(15-31-33-22-8-4-19(14-24(22)57(41,42)43)56(39,40)12-10-54-60(50,51)52)25(32-28(30)36)26(21)35-34-23-7-2-16-13-18(3-5-20(16)27(23)58(44,45)46)55(37,38)11-9-53-59(47,48)49/h1-8,13-14H,9-12,15,29H2,(H3,30,32,36)(H,41,42,43)(H,44,45,46)(H,47,48,49)(H,50,51,52)/b33-31+,35-34+. The minimum absolute atomic E-state index is 0.00335. The number of hydrogen-bond acceptors (Lipinski definition) is 20. The number of urea groups is 1. The first-order chi connectivity index (χ1) is 27.5. The number of carbonyl (C=O) groups is 1. The van der Waals surface area contributed by atoms with Gasteiger partial charge in [0.25, 0.3) is 20.2 Å². The Morgan fingerprint density at radius 2 is 1.20 bits per heavy atom. The van der Waals surface area contributed by atoms with Gasteiger partial charge >= 0.3 is 26.8 Å². The summed E-state index contributed by atoms with van der Waals surface area (Å²) in [5.74, 6) is -1.95. The Bertz CT molecular complexity index is 3120. The number of hydrogen-bond donors (Lipinski definition) is 7. The first kappa shape index (κ1) is 47.5. The maximum atomic E-state index is 12.7. The van der Waals surface area contributed by atoms with Crippen molar-refractivity contribution in [3.8, 4) is 0 Å². The van der Waals surface area contributed by atoms with Crippen LogP contribution in [0.2, 0.25) is 0 Å². The third kappa shape index (κ3) is 12.7. The first-order valence-electron chi connectivity index (χ1n) is 15.6. The molecule has 0 aromatic heterocycles. The molecule has 4 aromatic rings. The van der Waals surface area contributed by atoms with E-state index in [4.69, 9.17) is 20.6 Å². The summed E-state index contributed by atoms with van der Waals surface area (Å²) in [7, 11) is -29.0. The summed E-state index contributed by atoms with van der Waals surface area (Å²) >= 11 is 0. The Hall–Kier alpha value is -5.13. The second kappa shape index (κ2) is 17.8. The number of primary amides is 1. The second-order valence-electron chi connectivity index (χ2n) is 11.6. The minimum atomic E-state index is -5.19. The number of fused-ring (bicyclic) bond motifs is 1. The van der Waals surface area contributed by atoms with Gasteiger partial charge in [0.15, 0.2) is 19.7 Å². The van der Waals surface area contributed by atoms with E-state index in [0.717, 1.165) is 36.4 Å². The van der Waals surface area contributed by atoms with E-state index in [1.807, 2.05) is 0 Å². The molecule has 2 amide bonds. The van der Waals surface area contributed by atoms with Gasteiger partial charge < -0.3 is 16.8 Å². The van der Waals surface area contributed by atoms with E-state index >= 15 is 0 Å². The summed E-state index contributed by atoms with van der Waals surface area (Å²) in [6.45, 7) is -2.55. The molecule has 0 fully saturated rings. The van der Waals surface area contributed by atoms with Gasteiger partial charge in [-0.25, -0.2) is 30.0 Å². The molecule has 0 atom stereocenters. The van der Waals surface area contributed by atoms with Crippen LogP contribution in [0.1, 0.15) is 5.56 Å². The molecule has 0 heterocycles. The molecule has 0 saturated carbocycles. The number of benzene rings is 4. The van der Waals surface area contributed by atoms with Gasteiger partial charge in [0.2, 0.25) is 0 Å². The zero-order chi connectivity index (χ0) is 45.1. The van der Waals surface area contributed by atoms with Crippen molar-refractivity contribution >= 4 is 106 Å². The summed E-state index contributed by atoms with van der Waals surface area (Å²) in [6.07, 6.45) is 0. The van der Waals surface area contributed by atoms with Gasteiger partial charge in [-0.05, 0) is 47.9 Å². The van der Waals surface area contributed by atoms with E-state index in [1.165, 1.54) is 18.2 Å². The van der Waals surface area contributed by atoms with Crippen molar-refractivity contribution in [2.24, 2.45) is 26.2 Å². The van der Waals surface area contributed by atoms with E-state index < -0.39 is 129 Å². The number of rotatable bonds is 18. The smallest absolute Gasteiger partial charge is 0.397 e. The molecule has 9 N–H and O–H groups in total. The van der Waals surface area contributed by atoms with Gasteiger partial charge in [0.1, 0.15) is 26.9 Å². The van der Waals surface area contributed by atoms with Crippen LogP contribution in [-0.4, -0.2) is 99.5 Å². The number of nitrogens with two attached hydrogens (primary N) is 2. The van der Waals surface area contributed by atoms with Crippen LogP contribution in [0.3, 0.4) is 0 Å². The Balaban J connectivity index is 1.72. The highest BCUT2D eigenvalue weighted by Crippen LogP contribution is 2.39. The number of anilines is 2. The third-order valence-corrected chi connectivity index (χ3v) is 13.6. The molecule has 326 valence electrons. The highest BCUT2D eigenvalue weighted by Gasteiger charge is 2.25. The fourth-order valence-corrected chi connectivity index (χ4v) is 9.56. The summed E-state index contributed by atoms with van der Waals surface area (Å²) in [4.78, 5) is 8.95. The second-order valence-corrected chi connectivity index (χ2v) is 20.8. The number of nitrogens with zero attached hydrogens (tertiary/aromatic N) is 4. The zero-order valence-electron chi connectivity index (χ0n) is 29.6. The van der Waals surface area contributed by atoms with Crippen molar-refractivity contribution in [1.82, 2.24) is 0 Å². The van der Waals surface area contributed by atoms with Crippen LogP contribution >= 0.6 is 0 Å². The Morgan fingerprint density at radius 3 is 1.73 bits per heavy atom. The third-order valence-electron chi connectivity index (χ3n) is 7.50. The fraction of sp³-hybridized carbons (Fsp3) is 0.179. The van der Waals surface area contributed by atoms with Gasteiger partial charge in [0, 0.05) is 10.9 Å². The van der Waals surface area contributed by atoms with Crippen molar-refractivity contribution in [3.05, 3.63) is 66.2 Å². The minimum Gasteiger partial charge on any atom is -0.397 e. The topological polar surface area (TPSA) is 435 Å². The van der Waals surface area contributed by atoms with Gasteiger partial charge in [-0.15, -0.1) is 10.2 Å². The Labute approximate surface area is 340 Å². The number of amides is 2. The first-order valence-corrected chi connectivity index (χ1v) is 24.5. The SMILES string of the molecule is NC(=O)Nc1c(C/N=N/c2ccc(S(=O)(=O)CCOS(=O)(=O)O)cc2S(=O)(=O)O)ccc(N)c1/N=N/c1ccc2cc(S(=O)(=O)CCOS(=O)(=O)O)ccc2c1S(=O)(=O)O. The van der Waals surface area contributed by atoms with Crippen molar-refractivity contribution in [2.75, 3.05) is 35.8 Å². The Kier molecular flexibility index (Phi) is 14.1. The predicted octanol–water partition coefficient (Wildman–Crippen LogP) is 2.29. The highest BCUT2D eigenvalue weighted by molar-refractivity contribution is 7.92. The normalized spacial score (nSPS) is 13.3. The van der Waals surface area contributed by atoms with Gasteiger partial charge in [-0.3, -0.25) is 18.2 Å². The van der Waals surface area contributed by atoms with Crippen molar-refractivity contribution in [3.63, 3.8) is 0 Å². The van der Waals surface area contributed by atoms with E-state index in [0.29, 0.717) is 6.07 Å².